The Hall–Kier alpha value is -1.22. The van der Waals surface area contributed by atoms with Crippen LogP contribution in [0.4, 0.5) is 5.69 Å². The monoisotopic (exact) mass is 149 g/mol. The molecule has 1 rings (SSSR count). The van der Waals surface area contributed by atoms with Gasteiger partial charge in [-0.05, 0) is 29.3 Å². The SMILES string of the molecule is N[CH]Cc1ccc(N=O)cc1. The molecule has 1 radical (unpaired) electrons. The standard InChI is InChI=1S/C8H9N2O/c9-6-5-7-1-3-8(10-11)4-2-7/h1-4,6H,5,9H2. The van der Waals surface area contributed by atoms with Crippen LogP contribution in [0.1, 0.15) is 5.56 Å². The van der Waals surface area contributed by atoms with Crippen LogP contribution < -0.4 is 5.73 Å². The van der Waals surface area contributed by atoms with E-state index in [1.165, 1.54) is 0 Å². The van der Waals surface area contributed by atoms with E-state index in [2.05, 4.69) is 5.18 Å². The number of hydrogen-bond acceptors (Lipinski definition) is 3. The molecule has 57 valence electrons. The maximum Gasteiger partial charge on any atom is 0.108 e. The molecular weight excluding hydrogens is 140 g/mol. The molecule has 0 saturated heterocycles. The largest absolute Gasteiger partial charge is 0.326 e. The molecule has 3 nitrogen and oxygen atoms in total. The van der Waals surface area contributed by atoms with Gasteiger partial charge in [0.25, 0.3) is 0 Å². The Morgan fingerprint density at radius 2 is 2.00 bits per heavy atom. The van der Waals surface area contributed by atoms with Crippen LogP contribution in [-0.2, 0) is 6.42 Å². The Bertz CT molecular complexity index is 230. The van der Waals surface area contributed by atoms with E-state index in [9.17, 15) is 4.91 Å². The summed E-state index contributed by atoms with van der Waals surface area (Å²) in [6.07, 6.45) is 0.721. The molecule has 0 fully saturated rings. The Balaban J connectivity index is 2.74. The Labute approximate surface area is 65.2 Å². The molecule has 0 bridgehead atoms. The van der Waals surface area contributed by atoms with E-state index >= 15 is 0 Å². The van der Waals surface area contributed by atoms with Crippen LogP contribution in [0.15, 0.2) is 29.4 Å². The predicted octanol–water partition coefficient (Wildman–Crippen LogP) is 1.75. The molecule has 0 saturated carbocycles. The Morgan fingerprint density at radius 1 is 1.36 bits per heavy atom. The van der Waals surface area contributed by atoms with E-state index in [1.54, 1.807) is 18.7 Å². The molecule has 11 heavy (non-hydrogen) atoms. The van der Waals surface area contributed by atoms with Crippen molar-refractivity contribution in [1.82, 2.24) is 0 Å². The molecule has 0 aliphatic carbocycles. The number of nitrogens with two attached hydrogens (primary N) is 1. The van der Waals surface area contributed by atoms with Crippen molar-refractivity contribution in [3.05, 3.63) is 41.3 Å². The van der Waals surface area contributed by atoms with Crippen LogP contribution >= 0.6 is 0 Å². The zero-order chi connectivity index (χ0) is 8.10. The van der Waals surface area contributed by atoms with Crippen molar-refractivity contribution in [1.29, 1.82) is 0 Å². The van der Waals surface area contributed by atoms with E-state index in [-0.39, 0.29) is 0 Å². The topological polar surface area (TPSA) is 55.4 Å². The second-order valence-corrected chi connectivity index (χ2v) is 2.20. The molecule has 1 aromatic carbocycles. The summed E-state index contributed by atoms with van der Waals surface area (Å²) in [5.41, 5.74) is 6.75. The first-order valence-corrected chi connectivity index (χ1v) is 3.32. The van der Waals surface area contributed by atoms with Gasteiger partial charge in [-0.15, -0.1) is 4.91 Å². The van der Waals surface area contributed by atoms with Gasteiger partial charge in [-0.3, -0.25) is 0 Å². The van der Waals surface area contributed by atoms with Gasteiger partial charge in [-0.25, -0.2) is 0 Å². The summed E-state index contributed by atoms with van der Waals surface area (Å²) in [6, 6.07) is 7.01. The average Bonchev–Trinajstić information content (AvgIpc) is 2.07. The molecule has 0 heterocycles. The molecule has 0 aromatic heterocycles. The third kappa shape index (κ3) is 2.13. The summed E-state index contributed by atoms with van der Waals surface area (Å²) in [5, 5.41) is 2.78. The second kappa shape index (κ2) is 3.83. The zero-order valence-corrected chi connectivity index (χ0v) is 6.03. The first-order chi connectivity index (χ1) is 5.36. The summed E-state index contributed by atoms with van der Waals surface area (Å²) >= 11 is 0. The highest BCUT2D eigenvalue weighted by Crippen LogP contribution is 2.12. The van der Waals surface area contributed by atoms with Crippen molar-refractivity contribution in [3.63, 3.8) is 0 Å². The minimum absolute atomic E-state index is 0.450. The average molecular weight is 149 g/mol. The van der Waals surface area contributed by atoms with Crippen molar-refractivity contribution in [2.75, 3.05) is 0 Å². The molecule has 0 atom stereocenters. The first-order valence-electron chi connectivity index (χ1n) is 3.32. The fourth-order valence-corrected chi connectivity index (χ4v) is 0.829. The fourth-order valence-electron chi connectivity index (χ4n) is 0.829. The summed E-state index contributed by atoms with van der Waals surface area (Å²) in [4.78, 5) is 9.99. The molecule has 1 aromatic rings. The maximum atomic E-state index is 9.99. The van der Waals surface area contributed by atoms with Gasteiger partial charge >= 0.3 is 0 Å². The number of nitrogens with zero attached hydrogens (tertiary/aromatic N) is 1. The minimum Gasteiger partial charge on any atom is -0.326 e. The van der Waals surface area contributed by atoms with Crippen LogP contribution in [0.2, 0.25) is 0 Å². The molecule has 0 spiro atoms. The van der Waals surface area contributed by atoms with E-state index in [0.717, 1.165) is 12.0 Å². The highest BCUT2D eigenvalue weighted by molar-refractivity contribution is 5.38. The second-order valence-electron chi connectivity index (χ2n) is 2.20. The molecule has 0 amide bonds. The van der Waals surface area contributed by atoms with Gasteiger partial charge in [-0.2, -0.15) is 0 Å². The number of rotatable bonds is 3. The van der Waals surface area contributed by atoms with Crippen LogP contribution in [-0.4, -0.2) is 0 Å². The third-order valence-electron chi connectivity index (χ3n) is 1.40. The Kier molecular flexibility index (Phi) is 2.74. The highest BCUT2D eigenvalue weighted by Gasteiger charge is 1.91. The lowest BCUT2D eigenvalue weighted by molar-refractivity contribution is 1.11. The van der Waals surface area contributed by atoms with Gasteiger partial charge in [-0.1, -0.05) is 12.1 Å². The van der Waals surface area contributed by atoms with Crippen molar-refractivity contribution in [3.8, 4) is 0 Å². The Morgan fingerprint density at radius 3 is 2.45 bits per heavy atom. The van der Waals surface area contributed by atoms with Crippen molar-refractivity contribution < 1.29 is 0 Å². The van der Waals surface area contributed by atoms with Crippen LogP contribution in [0.3, 0.4) is 0 Å². The summed E-state index contributed by atoms with van der Waals surface area (Å²) < 4.78 is 0. The van der Waals surface area contributed by atoms with Gasteiger partial charge in [0.05, 0.1) is 0 Å². The summed E-state index contributed by atoms with van der Waals surface area (Å²) in [6.45, 7) is 1.57. The van der Waals surface area contributed by atoms with E-state index < -0.39 is 0 Å². The molecule has 0 aliphatic rings. The zero-order valence-electron chi connectivity index (χ0n) is 6.03. The fraction of sp³-hybridized carbons (Fsp3) is 0.125. The van der Waals surface area contributed by atoms with Crippen molar-refractivity contribution in [2.24, 2.45) is 10.9 Å². The molecule has 3 heteroatoms. The van der Waals surface area contributed by atoms with Gasteiger partial charge in [0, 0.05) is 6.54 Å². The number of nitroso groups, excluding NO2 is 1. The lowest BCUT2D eigenvalue weighted by Gasteiger charge is -1.95. The molecule has 0 unspecified atom stereocenters. The number of benzene rings is 1. The number of hydrogen-bond donors (Lipinski definition) is 1. The van der Waals surface area contributed by atoms with E-state index in [4.69, 9.17) is 5.73 Å². The smallest absolute Gasteiger partial charge is 0.108 e. The minimum atomic E-state index is 0.450. The quantitative estimate of drug-likeness (QED) is 0.665. The summed E-state index contributed by atoms with van der Waals surface area (Å²) in [7, 11) is 0. The van der Waals surface area contributed by atoms with Crippen molar-refractivity contribution >= 4 is 5.69 Å². The first kappa shape index (κ1) is 7.88. The third-order valence-corrected chi connectivity index (χ3v) is 1.40. The molecule has 0 aliphatic heterocycles. The van der Waals surface area contributed by atoms with E-state index in [0.29, 0.717) is 5.69 Å². The van der Waals surface area contributed by atoms with Crippen LogP contribution in [0, 0.1) is 11.5 Å². The van der Waals surface area contributed by atoms with Gasteiger partial charge in [0.2, 0.25) is 0 Å². The maximum absolute atomic E-state index is 9.99. The molecule has 2 N–H and O–H groups in total. The predicted molar refractivity (Wildman–Crippen MR) is 44.1 cm³/mol. The van der Waals surface area contributed by atoms with Crippen LogP contribution in [0.25, 0.3) is 0 Å². The van der Waals surface area contributed by atoms with Crippen molar-refractivity contribution in [2.45, 2.75) is 6.42 Å². The van der Waals surface area contributed by atoms with Gasteiger partial charge < -0.3 is 5.73 Å². The highest BCUT2D eigenvalue weighted by atomic mass is 16.3. The lowest BCUT2D eigenvalue weighted by Crippen LogP contribution is -1.93. The van der Waals surface area contributed by atoms with Gasteiger partial charge in [0.15, 0.2) is 0 Å². The summed E-state index contributed by atoms with van der Waals surface area (Å²) in [5.74, 6) is 0. The van der Waals surface area contributed by atoms with Crippen LogP contribution in [0.5, 0.6) is 0 Å². The lowest BCUT2D eigenvalue weighted by atomic mass is 10.1. The van der Waals surface area contributed by atoms with E-state index in [1.807, 2.05) is 12.1 Å². The normalized spacial score (nSPS) is 9.55. The molecular formula is C8H9N2O. The van der Waals surface area contributed by atoms with Gasteiger partial charge in [0.1, 0.15) is 5.69 Å².